The van der Waals surface area contributed by atoms with Gasteiger partial charge in [0.1, 0.15) is 0 Å². The zero-order valence-electron chi connectivity index (χ0n) is 14.8. The van der Waals surface area contributed by atoms with Crippen LogP contribution in [0.2, 0.25) is 0 Å². The third-order valence-corrected chi connectivity index (χ3v) is 3.71. The van der Waals surface area contributed by atoms with Gasteiger partial charge in [-0.25, -0.2) is 5.43 Å². The summed E-state index contributed by atoms with van der Waals surface area (Å²) in [6, 6.07) is 14.7. The standard InChI is InChI=1S/C19H22N2O4/c1-13(15-10-11-16(23-2)17(12-15)24-3)20-21-19(22)18(25-4)14-8-6-5-7-9-14/h5-12,18H,1-4H3,(H,21,22)/b20-13-/t18-/m1/s1. The van der Waals surface area contributed by atoms with Crippen LogP contribution in [0.15, 0.2) is 53.6 Å². The fourth-order valence-corrected chi connectivity index (χ4v) is 2.35. The van der Waals surface area contributed by atoms with Gasteiger partial charge in [-0.15, -0.1) is 0 Å². The van der Waals surface area contributed by atoms with Crippen molar-refractivity contribution in [1.29, 1.82) is 0 Å². The first-order chi connectivity index (χ1) is 12.1. The van der Waals surface area contributed by atoms with E-state index >= 15 is 0 Å². The van der Waals surface area contributed by atoms with Crippen molar-refractivity contribution in [2.45, 2.75) is 13.0 Å². The number of benzene rings is 2. The minimum Gasteiger partial charge on any atom is -0.493 e. The van der Waals surface area contributed by atoms with Crippen molar-refractivity contribution in [3.05, 3.63) is 59.7 Å². The van der Waals surface area contributed by atoms with Gasteiger partial charge in [0, 0.05) is 12.7 Å². The number of carbonyl (C=O) groups is 1. The summed E-state index contributed by atoms with van der Waals surface area (Å²) in [5.74, 6) is 0.889. The lowest BCUT2D eigenvalue weighted by Crippen LogP contribution is -2.27. The van der Waals surface area contributed by atoms with E-state index in [-0.39, 0.29) is 5.91 Å². The molecule has 0 radical (unpaired) electrons. The summed E-state index contributed by atoms with van der Waals surface area (Å²) in [5.41, 5.74) is 4.76. The lowest BCUT2D eigenvalue weighted by molar-refractivity contribution is -0.131. The van der Waals surface area contributed by atoms with E-state index in [1.807, 2.05) is 36.4 Å². The summed E-state index contributed by atoms with van der Waals surface area (Å²) in [4.78, 5) is 12.3. The Kier molecular flexibility index (Phi) is 6.54. The van der Waals surface area contributed by atoms with Gasteiger partial charge in [0.05, 0.1) is 19.9 Å². The van der Waals surface area contributed by atoms with Crippen LogP contribution >= 0.6 is 0 Å². The number of ether oxygens (including phenoxy) is 3. The zero-order valence-corrected chi connectivity index (χ0v) is 14.8. The molecule has 0 saturated heterocycles. The molecular weight excluding hydrogens is 320 g/mol. The van der Waals surface area contributed by atoms with Crippen LogP contribution in [0.1, 0.15) is 24.2 Å². The van der Waals surface area contributed by atoms with Gasteiger partial charge in [0.2, 0.25) is 0 Å². The van der Waals surface area contributed by atoms with Gasteiger partial charge in [-0.05, 0) is 30.7 Å². The van der Waals surface area contributed by atoms with Crippen LogP contribution in [0, 0.1) is 0 Å². The minimum atomic E-state index is -0.719. The fourth-order valence-electron chi connectivity index (χ4n) is 2.35. The van der Waals surface area contributed by atoms with Gasteiger partial charge in [-0.2, -0.15) is 5.10 Å². The molecule has 25 heavy (non-hydrogen) atoms. The highest BCUT2D eigenvalue weighted by Crippen LogP contribution is 2.27. The number of rotatable bonds is 7. The molecule has 0 aliphatic carbocycles. The molecule has 0 fully saturated rings. The number of nitrogens with zero attached hydrogens (tertiary/aromatic N) is 1. The van der Waals surface area contributed by atoms with Gasteiger partial charge in [0.15, 0.2) is 17.6 Å². The molecule has 2 rings (SSSR count). The summed E-state index contributed by atoms with van der Waals surface area (Å²) in [7, 11) is 4.63. The third kappa shape index (κ3) is 4.58. The molecule has 0 aliphatic rings. The molecule has 2 aromatic rings. The van der Waals surface area contributed by atoms with Crippen LogP contribution < -0.4 is 14.9 Å². The molecule has 0 saturated carbocycles. The molecule has 0 unspecified atom stereocenters. The van der Waals surface area contributed by atoms with E-state index in [4.69, 9.17) is 14.2 Å². The van der Waals surface area contributed by atoms with Gasteiger partial charge in [0.25, 0.3) is 5.91 Å². The first-order valence-corrected chi connectivity index (χ1v) is 7.75. The van der Waals surface area contributed by atoms with Gasteiger partial charge in [-0.3, -0.25) is 4.79 Å². The van der Waals surface area contributed by atoms with E-state index in [0.29, 0.717) is 17.2 Å². The van der Waals surface area contributed by atoms with Crippen LogP contribution in [0.3, 0.4) is 0 Å². The lowest BCUT2D eigenvalue weighted by atomic mass is 10.1. The summed E-state index contributed by atoms with van der Waals surface area (Å²) in [6.07, 6.45) is -0.719. The molecule has 1 amide bonds. The highest BCUT2D eigenvalue weighted by molar-refractivity contribution is 6.00. The predicted molar refractivity (Wildman–Crippen MR) is 96.1 cm³/mol. The van der Waals surface area contributed by atoms with E-state index in [9.17, 15) is 4.79 Å². The predicted octanol–water partition coefficient (Wildman–Crippen LogP) is 2.93. The Balaban J connectivity index is 2.13. The summed E-state index contributed by atoms with van der Waals surface area (Å²) >= 11 is 0. The molecule has 6 nitrogen and oxygen atoms in total. The maximum Gasteiger partial charge on any atom is 0.273 e. The van der Waals surface area contributed by atoms with Crippen molar-refractivity contribution in [3.8, 4) is 11.5 Å². The molecule has 0 aromatic heterocycles. The van der Waals surface area contributed by atoms with Crippen LogP contribution in [-0.4, -0.2) is 32.9 Å². The second kappa shape index (κ2) is 8.84. The minimum absolute atomic E-state index is 0.339. The van der Waals surface area contributed by atoms with Gasteiger partial charge < -0.3 is 14.2 Å². The van der Waals surface area contributed by atoms with Gasteiger partial charge >= 0.3 is 0 Å². The highest BCUT2D eigenvalue weighted by atomic mass is 16.5. The molecule has 0 spiro atoms. The molecule has 132 valence electrons. The van der Waals surface area contributed by atoms with Crippen molar-refractivity contribution in [2.24, 2.45) is 5.10 Å². The number of carbonyl (C=O) groups excluding carboxylic acids is 1. The number of amides is 1. The van der Waals surface area contributed by atoms with Crippen molar-refractivity contribution < 1.29 is 19.0 Å². The maximum absolute atomic E-state index is 12.3. The van der Waals surface area contributed by atoms with Crippen LogP contribution in [0.5, 0.6) is 11.5 Å². The third-order valence-electron chi connectivity index (χ3n) is 3.71. The van der Waals surface area contributed by atoms with E-state index in [1.165, 1.54) is 7.11 Å². The lowest BCUT2D eigenvalue weighted by Gasteiger charge is -2.14. The largest absolute Gasteiger partial charge is 0.493 e. The first-order valence-electron chi connectivity index (χ1n) is 7.75. The molecule has 2 aromatic carbocycles. The van der Waals surface area contributed by atoms with E-state index in [1.54, 1.807) is 33.3 Å². The number of nitrogens with one attached hydrogen (secondary N) is 1. The van der Waals surface area contributed by atoms with Crippen LogP contribution in [-0.2, 0) is 9.53 Å². The number of hydrogen-bond acceptors (Lipinski definition) is 5. The first kappa shape index (κ1) is 18.5. The number of hydrogen-bond donors (Lipinski definition) is 1. The van der Waals surface area contributed by atoms with Crippen LogP contribution in [0.4, 0.5) is 0 Å². The Morgan fingerprint density at radius 3 is 2.28 bits per heavy atom. The van der Waals surface area contributed by atoms with Crippen molar-refractivity contribution in [1.82, 2.24) is 5.43 Å². The van der Waals surface area contributed by atoms with Crippen LogP contribution in [0.25, 0.3) is 0 Å². The van der Waals surface area contributed by atoms with Gasteiger partial charge in [-0.1, -0.05) is 30.3 Å². The van der Waals surface area contributed by atoms with E-state index < -0.39 is 6.10 Å². The maximum atomic E-state index is 12.3. The average molecular weight is 342 g/mol. The molecule has 0 heterocycles. The number of hydrazone groups is 1. The summed E-state index contributed by atoms with van der Waals surface area (Å²) in [6.45, 7) is 1.80. The molecule has 0 aliphatic heterocycles. The topological polar surface area (TPSA) is 69.2 Å². The summed E-state index contributed by atoms with van der Waals surface area (Å²) < 4.78 is 15.8. The molecule has 1 atom stereocenters. The average Bonchev–Trinajstić information content (AvgIpc) is 2.66. The Bertz CT molecular complexity index is 744. The quantitative estimate of drug-likeness (QED) is 0.620. The zero-order chi connectivity index (χ0) is 18.2. The monoisotopic (exact) mass is 342 g/mol. The van der Waals surface area contributed by atoms with Crippen molar-refractivity contribution >= 4 is 11.6 Å². The Morgan fingerprint density at radius 2 is 1.68 bits per heavy atom. The Hall–Kier alpha value is -2.86. The Labute approximate surface area is 147 Å². The molecular formula is C19H22N2O4. The van der Waals surface area contributed by atoms with Crippen molar-refractivity contribution in [2.75, 3.05) is 21.3 Å². The van der Waals surface area contributed by atoms with E-state index in [2.05, 4.69) is 10.5 Å². The summed E-state index contributed by atoms with van der Waals surface area (Å²) in [5, 5.41) is 4.16. The number of methoxy groups -OCH3 is 3. The Morgan fingerprint density at radius 1 is 1.00 bits per heavy atom. The molecule has 0 bridgehead atoms. The smallest absolute Gasteiger partial charge is 0.273 e. The van der Waals surface area contributed by atoms with E-state index in [0.717, 1.165) is 11.1 Å². The highest BCUT2D eigenvalue weighted by Gasteiger charge is 2.19. The SMILES string of the molecule is COc1ccc(/C(C)=N\NC(=O)[C@H](OC)c2ccccc2)cc1OC. The van der Waals surface area contributed by atoms with Crippen molar-refractivity contribution in [3.63, 3.8) is 0 Å². The molecule has 6 heteroatoms. The second-order valence-corrected chi connectivity index (χ2v) is 5.27. The fraction of sp³-hybridized carbons (Fsp3) is 0.263. The normalized spacial score (nSPS) is 12.4. The second-order valence-electron chi connectivity index (χ2n) is 5.27. The molecule has 1 N–H and O–H groups in total.